The predicted molar refractivity (Wildman–Crippen MR) is 78.1 cm³/mol. The van der Waals surface area contributed by atoms with Crippen LogP contribution in [0.3, 0.4) is 0 Å². The van der Waals surface area contributed by atoms with E-state index in [2.05, 4.69) is 10.3 Å². The second kappa shape index (κ2) is 6.13. The van der Waals surface area contributed by atoms with Crippen LogP contribution in [0, 0.1) is 0 Å². The molecule has 2 rings (SSSR count). The van der Waals surface area contributed by atoms with E-state index >= 15 is 0 Å². The van der Waals surface area contributed by atoms with Gasteiger partial charge in [0, 0.05) is 19.2 Å². The molecule has 0 aliphatic carbocycles. The van der Waals surface area contributed by atoms with Gasteiger partial charge in [-0.2, -0.15) is 0 Å². The molecule has 112 valence electrons. The standard InChI is InChI=1S/C13H22N4O3/c1-3-5-17-11(14)10(12(18)16-13(17)19)15-9-4-6-20-8(2)7-9/h8-9,15H,3-7,14H2,1-2H3,(H,16,18,19). The van der Waals surface area contributed by atoms with Gasteiger partial charge in [-0.25, -0.2) is 4.79 Å². The fourth-order valence-corrected chi connectivity index (χ4v) is 2.51. The Morgan fingerprint density at radius 1 is 1.50 bits per heavy atom. The van der Waals surface area contributed by atoms with Crippen LogP contribution in [0.2, 0.25) is 0 Å². The zero-order valence-corrected chi connectivity index (χ0v) is 11.9. The van der Waals surface area contributed by atoms with Crippen LogP contribution in [0.15, 0.2) is 9.59 Å². The molecule has 2 heterocycles. The Labute approximate surface area is 117 Å². The average Bonchev–Trinajstić information content (AvgIpc) is 2.39. The van der Waals surface area contributed by atoms with Crippen LogP contribution in [0.25, 0.3) is 0 Å². The summed E-state index contributed by atoms with van der Waals surface area (Å²) in [4.78, 5) is 26.0. The van der Waals surface area contributed by atoms with E-state index in [4.69, 9.17) is 10.5 Å². The van der Waals surface area contributed by atoms with Crippen molar-refractivity contribution in [3.8, 4) is 0 Å². The molecule has 20 heavy (non-hydrogen) atoms. The van der Waals surface area contributed by atoms with Crippen molar-refractivity contribution in [3.63, 3.8) is 0 Å². The highest BCUT2D eigenvalue weighted by molar-refractivity contribution is 5.60. The lowest BCUT2D eigenvalue weighted by Crippen LogP contribution is -2.38. The topological polar surface area (TPSA) is 102 Å². The quantitative estimate of drug-likeness (QED) is 0.746. The third-order valence-electron chi connectivity index (χ3n) is 3.52. The molecule has 0 spiro atoms. The molecular weight excluding hydrogens is 260 g/mol. The first-order valence-corrected chi connectivity index (χ1v) is 7.03. The molecule has 7 heteroatoms. The minimum Gasteiger partial charge on any atom is -0.383 e. The molecule has 1 saturated heterocycles. The maximum Gasteiger partial charge on any atom is 0.330 e. The summed E-state index contributed by atoms with van der Waals surface area (Å²) in [5, 5.41) is 3.17. The van der Waals surface area contributed by atoms with Crippen LogP contribution < -0.4 is 22.3 Å². The van der Waals surface area contributed by atoms with E-state index < -0.39 is 11.2 Å². The summed E-state index contributed by atoms with van der Waals surface area (Å²) in [6, 6.07) is 0.134. The Kier molecular flexibility index (Phi) is 4.49. The first-order valence-electron chi connectivity index (χ1n) is 7.03. The molecule has 2 atom stereocenters. The van der Waals surface area contributed by atoms with Gasteiger partial charge in [0.2, 0.25) is 0 Å². The molecule has 1 aromatic rings. The van der Waals surface area contributed by atoms with E-state index in [1.807, 2.05) is 13.8 Å². The van der Waals surface area contributed by atoms with Crippen molar-refractivity contribution in [2.24, 2.45) is 0 Å². The molecule has 0 amide bonds. The van der Waals surface area contributed by atoms with E-state index in [9.17, 15) is 9.59 Å². The number of anilines is 2. The maximum atomic E-state index is 11.9. The molecule has 1 aliphatic heterocycles. The van der Waals surface area contributed by atoms with E-state index in [0.29, 0.717) is 13.2 Å². The molecule has 1 aliphatic rings. The van der Waals surface area contributed by atoms with Gasteiger partial charge in [-0.1, -0.05) is 6.92 Å². The van der Waals surface area contributed by atoms with Crippen molar-refractivity contribution in [2.45, 2.75) is 51.8 Å². The summed E-state index contributed by atoms with van der Waals surface area (Å²) >= 11 is 0. The van der Waals surface area contributed by atoms with Gasteiger partial charge in [0.05, 0.1) is 6.10 Å². The van der Waals surface area contributed by atoms with Gasteiger partial charge in [0.1, 0.15) is 11.5 Å². The number of ether oxygens (including phenoxy) is 1. The third-order valence-corrected chi connectivity index (χ3v) is 3.52. The lowest BCUT2D eigenvalue weighted by atomic mass is 10.0. The monoisotopic (exact) mass is 282 g/mol. The number of rotatable bonds is 4. The number of nitrogens with two attached hydrogens (primary N) is 1. The molecule has 0 saturated carbocycles. The summed E-state index contributed by atoms with van der Waals surface area (Å²) < 4.78 is 6.87. The first-order chi connectivity index (χ1) is 9.52. The molecule has 1 aromatic heterocycles. The van der Waals surface area contributed by atoms with Crippen molar-refractivity contribution in [3.05, 3.63) is 20.8 Å². The van der Waals surface area contributed by atoms with Crippen molar-refractivity contribution in [2.75, 3.05) is 17.7 Å². The van der Waals surface area contributed by atoms with Crippen molar-refractivity contribution < 1.29 is 4.74 Å². The highest BCUT2D eigenvalue weighted by Gasteiger charge is 2.22. The summed E-state index contributed by atoms with van der Waals surface area (Å²) in [6.45, 7) is 5.09. The Balaban J connectivity index is 2.29. The third kappa shape index (κ3) is 3.04. The molecule has 2 unspecified atom stereocenters. The molecule has 0 radical (unpaired) electrons. The zero-order chi connectivity index (χ0) is 14.7. The highest BCUT2D eigenvalue weighted by Crippen LogP contribution is 2.19. The average molecular weight is 282 g/mol. The molecule has 7 nitrogen and oxygen atoms in total. The zero-order valence-electron chi connectivity index (χ0n) is 11.9. The Morgan fingerprint density at radius 2 is 2.25 bits per heavy atom. The SMILES string of the molecule is CCCn1c(N)c(NC2CCOC(C)C2)c(=O)[nH]c1=O. The second-order valence-electron chi connectivity index (χ2n) is 5.22. The minimum atomic E-state index is -0.459. The van der Waals surface area contributed by atoms with Gasteiger partial charge in [0.15, 0.2) is 0 Å². The first kappa shape index (κ1) is 14.6. The Morgan fingerprint density at radius 3 is 2.90 bits per heavy atom. The number of nitrogens with one attached hydrogen (secondary N) is 2. The van der Waals surface area contributed by atoms with Gasteiger partial charge in [-0.15, -0.1) is 0 Å². The van der Waals surface area contributed by atoms with Gasteiger partial charge in [-0.05, 0) is 26.2 Å². The van der Waals surface area contributed by atoms with Gasteiger partial charge < -0.3 is 15.8 Å². The molecule has 0 bridgehead atoms. The van der Waals surface area contributed by atoms with Crippen LogP contribution >= 0.6 is 0 Å². The number of hydrogen-bond donors (Lipinski definition) is 3. The van der Waals surface area contributed by atoms with E-state index in [0.717, 1.165) is 19.3 Å². The summed E-state index contributed by atoms with van der Waals surface area (Å²) in [5.41, 5.74) is 5.34. The Bertz CT molecular complexity index is 578. The number of H-pyrrole nitrogens is 1. The van der Waals surface area contributed by atoms with E-state index in [1.54, 1.807) is 0 Å². The van der Waals surface area contributed by atoms with Crippen molar-refractivity contribution >= 4 is 11.5 Å². The van der Waals surface area contributed by atoms with E-state index in [1.165, 1.54) is 4.57 Å². The lowest BCUT2D eigenvalue weighted by Gasteiger charge is -2.29. The van der Waals surface area contributed by atoms with Crippen LogP contribution in [0.4, 0.5) is 11.5 Å². The number of aromatic nitrogens is 2. The normalized spacial score (nSPS) is 22.7. The van der Waals surface area contributed by atoms with Gasteiger partial charge in [0.25, 0.3) is 5.56 Å². The highest BCUT2D eigenvalue weighted by atomic mass is 16.5. The number of hydrogen-bond acceptors (Lipinski definition) is 5. The fraction of sp³-hybridized carbons (Fsp3) is 0.692. The minimum absolute atomic E-state index is 0.134. The van der Waals surface area contributed by atoms with Crippen molar-refractivity contribution in [1.29, 1.82) is 0 Å². The number of aromatic amines is 1. The van der Waals surface area contributed by atoms with Crippen LogP contribution in [-0.4, -0.2) is 28.3 Å². The smallest absolute Gasteiger partial charge is 0.330 e. The summed E-state index contributed by atoms with van der Waals surface area (Å²) in [5.74, 6) is 0.208. The number of nitrogen functional groups attached to an aromatic ring is 1. The maximum absolute atomic E-state index is 11.9. The lowest BCUT2D eigenvalue weighted by molar-refractivity contribution is 0.0232. The molecule has 4 N–H and O–H groups in total. The predicted octanol–water partition coefficient (Wildman–Crippen LogP) is 0.508. The molecule has 1 fully saturated rings. The van der Waals surface area contributed by atoms with Crippen molar-refractivity contribution in [1.82, 2.24) is 9.55 Å². The molecule has 0 aromatic carbocycles. The molecular formula is C13H22N4O3. The van der Waals surface area contributed by atoms with Crippen LogP contribution in [-0.2, 0) is 11.3 Å². The Hall–Kier alpha value is -1.76. The van der Waals surface area contributed by atoms with E-state index in [-0.39, 0.29) is 23.7 Å². The van der Waals surface area contributed by atoms with Crippen LogP contribution in [0.5, 0.6) is 0 Å². The fourth-order valence-electron chi connectivity index (χ4n) is 2.51. The summed E-state index contributed by atoms with van der Waals surface area (Å²) in [6.07, 6.45) is 2.55. The largest absolute Gasteiger partial charge is 0.383 e. The second-order valence-corrected chi connectivity index (χ2v) is 5.22. The van der Waals surface area contributed by atoms with Gasteiger partial charge in [-0.3, -0.25) is 14.3 Å². The van der Waals surface area contributed by atoms with Crippen LogP contribution in [0.1, 0.15) is 33.1 Å². The van der Waals surface area contributed by atoms with Gasteiger partial charge >= 0.3 is 5.69 Å². The number of nitrogens with zero attached hydrogens (tertiary/aromatic N) is 1. The summed E-state index contributed by atoms with van der Waals surface area (Å²) in [7, 11) is 0.